The Morgan fingerprint density at radius 2 is 1.81 bits per heavy atom. The molecule has 2 amide bonds. The Bertz CT molecular complexity index is 2790. The lowest BCUT2D eigenvalue weighted by Crippen LogP contribution is -2.56. The number of H-pyrrole nitrogens is 1. The number of rotatable bonds is 4. The molecule has 4 aliphatic heterocycles. The topological polar surface area (TPSA) is 214 Å². The number of hydrogen-bond donors (Lipinski definition) is 6. The van der Waals surface area contributed by atoms with Crippen molar-refractivity contribution in [2.45, 2.75) is 81.7 Å². The summed E-state index contributed by atoms with van der Waals surface area (Å²) in [6, 6.07) is 13.2. The van der Waals surface area contributed by atoms with Gasteiger partial charge in [0.05, 0.1) is 12.6 Å². The van der Waals surface area contributed by atoms with E-state index in [4.69, 9.17) is 28.3 Å². The summed E-state index contributed by atoms with van der Waals surface area (Å²) in [5, 5.41) is 32.8. The number of aromatic amines is 1. The molecule has 5 aliphatic rings. The molecule has 1 fully saturated rings. The predicted molar refractivity (Wildman–Crippen MR) is 211 cm³/mol. The number of methoxy groups -OCH3 is 1. The number of esters is 1. The number of para-hydroxylation sites is 1. The minimum atomic E-state index is -1.57. The summed E-state index contributed by atoms with van der Waals surface area (Å²) in [6.45, 7) is 3.84. The highest BCUT2D eigenvalue weighted by molar-refractivity contribution is 6.11. The third-order valence-electron chi connectivity index (χ3n) is 12.8. The standard InChI is InChI=1S/C44H40N6O9/c1-19(2)30-38-49-34-36(59-38)44-24-9-7-8-22(21-11-12-27(51)32-29(21)23(18-45-32)35-33(40(53)56-3)48-39(34)58-35)31(24)50-42(44)57-28-13-10-20(16-25(28)44)17-26(37(52)47-30)46-41(54)43(55)14-5-4-6-15-43/h7-13,16,18-19,26,30,42,45,50-51,55H,4-6,14-15,17H2,1-3H3,(H,46,54)(H,47,52)/t26-,30-,42?,44-/m0/s1. The molecule has 3 aromatic carbocycles. The quantitative estimate of drug-likeness (QED) is 0.114. The summed E-state index contributed by atoms with van der Waals surface area (Å²) in [5.41, 5.74) is 2.61. The van der Waals surface area contributed by atoms with E-state index in [9.17, 15) is 24.6 Å². The van der Waals surface area contributed by atoms with Crippen LogP contribution in [0, 0.1) is 5.92 Å². The molecule has 1 unspecified atom stereocenters. The molecule has 1 aliphatic carbocycles. The predicted octanol–water partition coefficient (Wildman–Crippen LogP) is 5.98. The third kappa shape index (κ3) is 4.87. The van der Waals surface area contributed by atoms with Crippen LogP contribution in [0.4, 0.5) is 5.69 Å². The molecule has 6 N–H and O–H groups in total. The van der Waals surface area contributed by atoms with Gasteiger partial charge >= 0.3 is 5.97 Å². The molecule has 0 radical (unpaired) electrons. The second-order valence-corrected chi connectivity index (χ2v) is 16.6. The Hall–Kier alpha value is -6.61. The molecule has 10 bridgehead atoms. The molecule has 300 valence electrons. The summed E-state index contributed by atoms with van der Waals surface area (Å²) >= 11 is 0. The van der Waals surface area contributed by atoms with Gasteiger partial charge in [-0.05, 0) is 48.1 Å². The first kappa shape index (κ1) is 35.5. The number of aromatic hydroxyl groups is 1. The minimum Gasteiger partial charge on any atom is -0.506 e. The van der Waals surface area contributed by atoms with Crippen molar-refractivity contribution >= 4 is 34.4 Å². The molecular weight excluding hydrogens is 757 g/mol. The Labute approximate surface area is 336 Å². The fourth-order valence-electron chi connectivity index (χ4n) is 9.88. The van der Waals surface area contributed by atoms with E-state index < -0.39 is 47.1 Å². The van der Waals surface area contributed by atoms with Crippen molar-refractivity contribution in [3.63, 3.8) is 0 Å². The van der Waals surface area contributed by atoms with Crippen molar-refractivity contribution in [3.8, 4) is 45.5 Å². The molecule has 3 aromatic heterocycles. The number of nitrogens with zero attached hydrogens (tertiary/aromatic N) is 2. The highest BCUT2D eigenvalue weighted by atomic mass is 16.5. The fourth-order valence-corrected chi connectivity index (χ4v) is 9.88. The largest absolute Gasteiger partial charge is 0.506 e. The first-order valence-electron chi connectivity index (χ1n) is 20.0. The lowest BCUT2D eigenvalue weighted by atomic mass is 9.72. The maximum Gasteiger partial charge on any atom is 0.360 e. The van der Waals surface area contributed by atoms with Gasteiger partial charge in [0.25, 0.3) is 5.91 Å². The molecule has 11 rings (SSSR count). The Morgan fingerprint density at radius 1 is 0.983 bits per heavy atom. The number of carbonyl (C=O) groups is 3. The number of anilines is 1. The Balaban J connectivity index is 1.21. The second-order valence-electron chi connectivity index (χ2n) is 16.6. The van der Waals surface area contributed by atoms with Gasteiger partial charge in [0.2, 0.25) is 17.7 Å². The zero-order chi connectivity index (χ0) is 40.5. The normalized spacial score (nSPS) is 23.0. The van der Waals surface area contributed by atoms with E-state index >= 15 is 0 Å². The summed E-state index contributed by atoms with van der Waals surface area (Å²) in [5.74, 6) is -1.02. The summed E-state index contributed by atoms with van der Waals surface area (Å²) in [4.78, 5) is 54.8. The number of aliphatic hydroxyl groups is 1. The number of phenols is 1. The van der Waals surface area contributed by atoms with Gasteiger partial charge in [-0.1, -0.05) is 63.4 Å². The highest BCUT2D eigenvalue weighted by Crippen LogP contribution is 2.61. The Morgan fingerprint density at radius 3 is 2.61 bits per heavy atom. The number of carbonyl (C=O) groups excluding carboxylic acids is 3. The van der Waals surface area contributed by atoms with Crippen molar-refractivity contribution in [2.24, 2.45) is 5.92 Å². The van der Waals surface area contributed by atoms with Crippen molar-refractivity contribution in [3.05, 3.63) is 88.8 Å². The van der Waals surface area contributed by atoms with E-state index in [0.29, 0.717) is 59.2 Å². The van der Waals surface area contributed by atoms with Crippen LogP contribution in [0.25, 0.3) is 44.9 Å². The van der Waals surface area contributed by atoms with Gasteiger partial charge in [-0.15, -0.1) is 0 Å². The first-order valence-corrected chi connectivity index (χ1v) is 20.0. The number of amides is 2. The van der Waals surface area contributed by atoms with Gasteiger partial charge in [-0.2, -0.15) is 4.98 Å². The molecule has 15 heteroatoms. The van der Waals surface area contributed by atoms with Gasteiger partial charge in [0.15, 0.2) is 29.1 Å². The first-order chi connectivity index (χ1) is 28.5. The lowest BCUT2D eigenvalue weighted by molar-refractivity contribution is -0.145. The van der Waals surface area contributed by atoms with Gasteiger partial charge in [-0.3, -0.25) is 9.59 Å². The lowest BCUT2D eigenvalue weighted by Gasteiger charge is -2.33. The molecule has 6 aromatic rings. The molecule has 1 spiro atoms. The maximum absolute atomic E-state index is 14.4. The van der Waals surface area contributed by atoms with Crippen molar-refractivity contribution < 1.29 is 42.9 Å². The van der Waals surface area contributed by atoms with Crippen LogP contribution >= 0.6 is 0 Å². The smallest absolute Gasteiger partial charge is 0.360 e. The number of hydrogen-bond acceptors (Lipinski definition) is 12. The average Bonchev–Trinajstić information content (AvgIpc) is 4.06. The minimum absolute atomic E-state index is 0.00163. The summed E-state index contributed by atoms with van der Waals surface area (Å²) in [7, 11) is 1.26. The third-order valence-corrected chi connectivity index (χ3v) is 12.8. The Kier molecular flexibility index (Phi) is 7.50. The van der Waals surface area contributed by atoms with Crippen LogP contribution in [0.15, 0.2) is 63.6 Å². The van der Waals surface area contributed by atoms with Crippen LogP contribution in [0.2, 0.25) is 0 Å². The van der Waals surface area contributed by atoms with Crippen molar-refractivity contribution in [2.75, 3.05) is 12.4 Å². The van der Waals surface area contributed by atoms with E-state index in [1.165, 1.54) is 7.11 Å². The number of fused-ring (bicyclic) bond motifs is 7. The van der Waals surface area contributed by atoms with E-state index in [1.807, 2.05) is 56.3 Å². The van der Waals surface area contributed by atoms with E-state index in [1.54, 1.807) is 12.3 Å². The van der Waals surface area contributed by atoms with Crippen LogP contribution in [-0.2, 0) is 26.2 Å². The number of phenolic OH excluding ortho intramolecular Hbond substituents is 1. The van der Waals surface area contributed by atoms with Gasteiger partial charge in [0.1, 0.15) is 34.6 Å². The van der Waals surface area contributed by atoms with Crippen LogP contribution < -0.4 is 20.7 Å². The molecule has 0 saturated heterocycles. The SMILES string of the molecule is COC(=O)c1nc2oc1-c1c[nH]c3c(O)ccc(c13)-c1cccc3c1NC1Oc4ccc5cc4[C@]31c1oc(nc1-2)[C@H](C(C)C)NC(=O)[C@@H](NC(=O)C1(O)CCCCC1)C5. The number of benzene rings is 3. The van der Waals surface area contributed by atoms with E-state index in [0.717, 1.165) is 34.4 Å². The maximum atomic E-state index is 14.4. The van der Waals surface area contributed by atoms with Gasteiger partial charge in [0, 0.05) is 45.9 Å². The zero-order valence-electron chi connectivity index (χ0n) is 32.4. The van der Waals surface area contributed by atoms with E-state index in [-0.39, 0.29) is 47.0 Å². The average molecular weight is 797 g/mol. The molecule has 1 saturated carbocycles. The second kappa shape index (κ2) is 12.4. The number of nitrogens with one attached hydrogen (secondary N) is 4. The molecule has 15 nitrogen and oxygen atoms in total. The molecular formula is C44H40N6O9. The van der Waals surface area contributed by atoms with Crippen molar-refractivity contribution in [1.82, 2.24) is 25.6 Å². The van der Waals surface area contributed by atoms with Crippen molar-refractivity contribution in [1.29, 1.82) is 0 Å². The number of oxazole rings is 2. The monoisotopic (exact) mass is 796 g/mol. The van der Waals surface area contributed by atoms with E-state index in [2.05, 4.69) is 20.9 Å². The fraction of sp³-hybridized carbons (Fsp3) is 0.341. The zero-order valence-corrected chi connectivity index (χ0v) is 32.4. The van der Waals surface area contributed by atoms with Gasteiger partial charge < -0.3 is 49.5 Å². The summed E-state index contributed by atoms with van der Waals surface area (Å²) < 4.78 is 25.7. The summed E-state index contributed by atoms with van der Waals surface area (Å²) in [6.07, 6.45) is 3.97. The highest BCUT2D eigenvalue weighted by Gasteiger charge is 2.62. The van der Waals surface area contributed by atoms with Crippen LogP contribution in [0.3, 0.4) is 0 Å². The molecule has 4 atom stereocenters. The van der Waals surface area contributed by atoms with Crippen LogP contribution in [0.1, 0.15) is 90.8 Å². The van der Waals surface area contributed by atoms with Gasteiger partial charge in [-0.25, -0.2) is 9.78 Å². The van der Waals surface area contributed by atoms with Crippen LogP contribution in [0.5, 0.6) is 11.5 Å². The van der Waals surface area contributed by atoms with Crippen LogP contribution in [-0.4, -0.2) is 67.9 Å². The number of ether oxygens (including phenoxy) is 2. The molecule has 59 heavy (non-hydrogen) atoms. The number of aromatic nitrogens is 3. The molecule has 7 heterocycles.